The quantitative estimate of drug-likeness (QED) is 0.657. The highest BCUT2D eigenvalue weighted by molar-refractivity contribution is 8.05. The average molecular weight is 436 g/mol. The van der Waals surface area contributed by atoms with E-state index in [0.29, 0.717) is 39.4 Å². The molecule has 5 nitrogen and oxygen atoms in total. The highest BCUT2D eigenvalue weighted by Gasteiger charge is 2.64. The van der Waals surface area contributed by atoms with Gasteiger partial charge in [0, 0.05) is 13.1 Å². The number of thioether (sulfide) groups is 1. The van der Waals surface area contributed by atoms with Gasteiger partial charge in [0.05, 0.1) is 20.5 Å². The number of amidine groups is 1. The van der Waals surface area contributed by atoms with E-state index in [1.54, 1.807) is 41.3 Å². The number of oxime groups is 1. The van der Waals surface area contributed by atoms with Crippen LogP contribution >= 0.6 is 35.0 Å². The molecule has 0 radical (unpaired) electrons. The lowest BCUT2D eigenvalue weighted by molar-refractivity contribution is -0.144. The predicted octanol–water partition coefficient (Wildman–Crippen LogP) is 4.37. The first-order chi connectivity index (χ1) is 13.5. The summed E-state index contributed by atoms with van der Waals surface area (Å²) in [5, 5.41) is 4.05. The third-order valence-corrected chi connectivity index (χ3v) is 6.71. The molecule has 3 heterocycles. The Morgan fingerprint density at radius 3 is 2.50 bits per heavy atom. The van der Waals surface area contributed by atoms with Crippen molar-refractivity contribution in [1.82, 2.24) is 9.80 Å². The fourth-order valence-corrected chi connectivity index (χ4v) is 5.38. The molecule has 0 aromatic heterocycles. The monoisotopic (exact) mass is 435 g/mol. The van der Waals surface area contributed by atoms with Gasteiger partial charge in [0.2, 0.25) is 0 Å². The van der Waals surface area contributed by atoms with Gasteiger partial charge in [-0.3, -0.25) is 14.6 Å². The minimum atomic E-state index is -1.08. The van der Waals surface area contributed by atoms with Crippen molar-refractivity contribution < 1.29 is 14.0 Å². The van der Waals surface area contributed by atoms with Crippen LogP contribution in [0.5, 0.6) is 0 Å². The summed E-state index contributed by atoms with van der Waals surface area (Å²) >= 11 is 13.9. The summed E-state index contributed by atoms with van der Waals surface area (Å²) in [5.74, 6) is 0.0201. The maximum atomic E-state index is 13.1. The van der Waals surface area contributed by atoms with Gasteiger partial charge in [-0.1, -0.05) is 46.6 Å². The highest BCUT2D eigenvalue weighted by atomic mass is 35.5. The molecule has 1 atom stereocenters. The maximum absolute atomic E-state index is 13.1. The summed E-state index contributed by atoms with van der Waals surface area (Å²) in [4.78, 5) is 22.7. The van der Waals surface area contributed by atoms with E-state index in [9.17, 15) is 9.18 Å². The molecule has 2 aromatic carbocycles. The molecule has 0 N–H and O–H groups in total. The van der Waals surface area contributed by atoms with Crippen LogP contribution in [0.4, 0.5) is 4.39 Å². The van der Waals surface area contributed by atoms with Crippen LogP contribution < -0.4 is 0 Å². The summed E-state index contributed by atoms with van der Waals surface area (Å²) in [6, 6.07) is 11.2. The van der Waals surface area contributed by atoms with Gasteiger partial charge < -0.3 is 4.84 Å². The van der Waals surface area contributed by atoms with E-state index in [-0.39, 0.29) is 11.7 Å². The van der Waals surface area contributed by atoms with Gasteiger partial charge in [0.15, 0.2) is 5.84 Å². The largest absolute Gasteiger partial charge is 0.348 e. The van der Waals surface area contributed by atoms with Gasteiger partial charge in [-0.25, -0.2) is 4.39 Å². The smallest absolute Gasteiger partial charge is 0.332 e. The molecular formula is C19H12Cl2FN3O2S. The molecule has 5 rings (SSSR count). The molecule has 3 aliphatic heterocycles. The molecule has 1 unspecified atom stereocenters. The molecule has 0 aliphatic carbocycles. The number of hydrogen-bond donors (Lipinski definition) is 0. The number of carbonyl (C=O) groups is 1. The molecule has 2 saturated heterocycles. The molecular weight excluding hydrogens is 424 g/mol. The summed E-state index contributed by atoms with van der Waals surface area (Å²) in [6.07, 6.45) is 1.72. The number of hydrogen-bond acceptors (Lipinski definition) is 5. The molecule has 2 fully saturated rings. The normalized spacial score (nSPS) is 24.5. The van der Waals surface area contributed by atoms with Crippen molar-refractivity contribution in [2.24, 2.45) is 5.16 Å². The summed E-state index contributed by atoms with van der Waals surface area (Å²) in [6.45, 7) is 1.02. The van der Waals surface area contributed by atoms with E-state index in [1.807, 2.05) is 4.90 Å². The molecule has 142 valence electrons. The van der Waals surface area contributed by atoms with E-state index in [0.717, 1.165) is 5.56 Å². The van der Waals surface area contributed by atoms with Gasteiger partial charge in [-0.05, 0) is 47.7 Å². The van der Waals surface area contributed by atoms with Crippen LogP contribution in [0, 0.1) is 5.82 Å². The zero-order valence-corrected chi connectivity index (χ0v) is 16.6. The number of halogens is 3. The van der Waals surface area contributed by atoms with E-state index in [1.165, 1.54) is 23.9 Å². The number of carbonyl (C=O) groups excluding carboxylic acids is 1. The van der Waals surface area contributed by atoms with Crippen LogP contribution in [0.1, 0.15) is 11.1 Å². The first kappa shape index (κ1) is 17.8. The first-order valence-electron chi connectivity index (χ1n) is 8.46. The number of amides is 1. The Balaban J connectivity index is 1.50. The van der Waals surface area contributed by atoms with Crippen molar-refractivity contribution in [3.63, 3.8) is 0 Å². The minimum Gasteiger partial charge on any atom is -0.332 e. The van der Waals surface area contributed by atoms with Crippen molar-refractivity contribution in [2.45, 2.75) is 5.18 Å². The number of nitrogens with zero attached hydrogens (tertiary/aromatic N) is 3. The van der Waals surface area contributed by atoms with Crippen LogP contribution in [0.3, 0.4) is 0 Å². The lowest BCUT2D eigenvalue weighted by atomic mass is 10.2. The van der Waals surface area contributed by atoms with Crippen molar-refractivity contribution in [3.05, 3.63) is 74.4 Å². The Labute approximate surface area is 174 Å². The molecule has 2 aromatic rings. The molecule has 1 spiro atoms. The van der Waals surface area contributed by atoms with E-state index >= 15 is 0 Å². The third kappa shape index (κ3) is 2.53. The maximum Gasteiger partial charge on any atom is 0.348 e. The Bertz CT molecular complexity index is 1040. The summed E-state index contributed by atoms with van der Waals surface area (Å²) < 4.78 is 13.1. The zero-order valence-electron chi connectivity index (χ0n) is 14.2. The second kappa shape index (κ2) is 6.40. The predicted molar refractivity (Wildman–Crippen MR) is 107 cm³/mol. The van der Waals surface area contributed by atoms with Crippen LogP contribution in [0.25, 0.3) is 6.08 Å². The third-order valence-electron chi connectivity index (χ3n) is 4.79. The Morgan fingerprint density at radius 1 is 1.11 bits per heavy atom. The van der Waals surface area contributed by atoms with Crippen LogP contribution in [0.15, 0.2) is 52.5 Å². The number of benzene rings is 2. The fourth-order valence-electron chi connectivity index (χ4n) is 3.49. The van der Waals surface area contributed by atoms with Gasteiger partial charge in [0.1, 0.15) is 5.82 Å². The molecule has 28 heavy (non-hydrogen) atoms. The SMILES string of the molecule is O=C1/C(=C/c2ccc(F)cc2)SC23ON=C(c4c(Cl)cccc4Cl)N2CCN13. The molecule has 0 saturated carbocycles. The Kier molecular flexibility index (Phi) is 4.08. The standard InChI is InChI=1S/C19H12Cl2FN3O2S/c20-13-2-1-3-14(21)16(13)17-23-27-19-24(17)8-9-25(19)18(26)15(28-19)10-11-4-6-12(22)7-5-11/h1-7,10H,8-9H2/b15-10-. The van der Waals surface area contributed by atoms with E-state index in [4.69, 9.17) is 28.0 Å². The van der Waals surface area contributed by atoms with Crippen LogP contribution in [-0.4, -0.2) is 39.8 Å². The first-order valence-corrected chi connectivity index (χ1v) is 10.0. The summed E-state index contributed by atoms with van der Waals surface area (Å²) in [7, 11) is 0. The second-order valence-corrected chi connectivity index (χ2v) is 8.41. The van der Waals surface area contributed by atoms with Gasteiger partial charge in [0.25, 0.3) is 5.91 Å². The van der Waals surface area contributed by atoms with Gasteiger partial charge in [-0.2, -0.15) is 0 Å². The minimum absolute atomic E-state index is 0.154. The highest BCUT2D eigenvalue weighted by Crippen LogP contribution is 2.53. The lowest BCUT2D eigenvalue weighted by Crippen LogP contribution is -2.48. The van der Waals surface area contributed by atoms with Crippen LogP contribution in [0.2, 0.25) is 10.0 Å². The molecule has 0 bridgehead atoms. The molecule has 1 amide bonds. The van der Waals surface area contributed by atoms with Gasteiger partial charge in [-0.15, -0.1) is 0 Å². The van der Waals surface area contributed by atoms with Crippen LogP contribution in [-0.2, 0) is 9.63 Å². The fraction of sp³-hybridized carbons (Fsp3) is 0.158. The Hall–Kier alpha value is -2.22. The second-order valence-electron chi connectivity index (χ2n) is 6.42. The zero-order chi connectivity index (χ0) is 19.5. The lowest BCUT2D eigenvalue weighted by Gasteiger charge is -2.29. The van der Waals surface area contributed by atoms with Crippen molar-refractivity contribution >= 4 is 52.8 Å². The van der Waals surface area contributed by atoms with Crippen molar-refractivity contribution in [3.8, 4) is 0 Å². The van der Waals surface area contributed by atoms with E-state index < -0.39 is 5.18 Å². The molecule has 3 aliphatic rings. The number of rotatable bonds is 2. The van der Waals surface area contributed by atoms with E-state index in [2.05, 4.69) is 5.16 Å². The van der Waals surface area contributed by atoms with Crippen molar-refractivity contribution in [2.75, 3.05) is 13.1 Å². The Morgan fingerprint density at radius 2 is 1.79 bits per heavy atom. The summed E-state index contributed by atoms with van der Waals surface area (Å²) in [5.41, 5.74) is 1.31. The topological polar surface area (TPSA) is 45.1 Å². The van der Waals surface area contributed by atoms with Crippen molar-refractivity contribution in [1.29, 1.82) is 0 Å². The van der Waals surface area contributed by atoms with Gasteiger partial charge >= 0.3 is 5.18 Å². The molecule has 9 heteroatoms. The average Bonchev–Trinajstić information content (AvgIpc) is 3.27.